The standard InChI is InChI=1S/C21H24FN3O3S/c1-28-18-6-8-19(9-7-18)29-15-21(27)25-12-10-24(11-13-25)14-20(26)23-17-4-2-16(22)3-5-17/h2-9H,10-15H2,1H3,(H,23,26)/p+1. The summed E-state index contributed by atoms with van der Waals surface area (Å²) in [6.07, 6.45) is 0. The largest absolute Gasteiger partial charge is 0.497 e. The molecule has 0 radical (unpaired) electrons. The summed E-state index contributed by atoms with van der Waals surface area (Å²) in [6, 6.07) is 13.4. The first-order valence-electron chi connectivity index (χ1n) is 9.47. The fourth-order valence-corrected chi connectivity index (χ4v) is 3.92. The number of ether oxygens (including phenoxy) is 1. The highest BCUT2D eigenvalue weighted by atomic mass is 32.2. The van der Waals surface area contributed by atoms with Gasteiger partial charge in [-0.05, 0) is 48.5 Å². The Morgan fingerprint density at radius 2 is 1.76 bits per heavy atom. The smallest absolute Gasteiger partial charge is 0.279 e. The van der Waals surface area contributed by atoms with Crippen LogP contribution in [0.4, 0.5) is 10.1 Å². The van der Waals surface area contributed by atoms with E-state index in [-0.39, 0.29) is 17.6 Å². The molecule has 1 aliphatic rings. The SMILES string of the molecule is COc1ccc(SCC(=O)N2CC[NH+](CC(=O)Nc3ccc(F)cc3)CC2)cc1. The van der Waals surface area contributed by atoms with Crippen LogP contribution in [0.3, 0.4) is 0 Å². The fraction of sp³-hybridized carbons (Fsp3) is 0.333. The maximum atomic E-state index is 12.9. The number of benzene rings is 2. The Balaban J connectivity index is 1.38. The number of hydrogen-bond donors (Lipinski definition) is 2. The van der Waals surface area contributed by atoms with Gasteiger partial charge in [-0.25, -0.2) is 4.39 Å². The lowest BCUT2D eigenvalue weighted by molar-refractivity contribution is -0.895. The first kappa shape index (κ1) is 21.1. The molecule has 8 heteroatoms. The lowest BCUT2D eigenvalue weighted by atomic mass is 10.3. The van der Waals surface area contributed by atoms with Crippen molar-refractivity contribution in [2.24, 2.45) is 0 Å². The van der Waals surface area contributed by atoms with E-state index in [1.54, 1.807) is 19.2 Å². The molecule has 1 heterocycles. The van der Waals surface area contributed by atoms with Crippen LogP contribution >= 0.6 is 11.8 Å². The molecule has 1 aliphatic heterocycles. The molecule has 0 saturated carbocycles. The van der Waals surface area contributed by atoms with Crippen LogP contribution in [0.2, 0.25) is 0 Å². The molecule has 1 fully saturated rings. The van der Waals surface area contributed by atoms with Gasteiger partial charge >= 0.3 is 0 Å². The second-order valence-electron chi connectivity index (χ2n) is 6.83. The van der Waals surface area contributed by atoms with Crippen molar-refractivity contribution in [1.29, 1.82) is 0 Å². The van der Waals surface area contributed by atoms with Gasteiger partial charge in [-0.3, -0.25) is 9.59 Å². The van der Waals surface area contributed by atoms with E-state index in [0.29, 0.717) is 31.1 Å². The molecule has 0 aromatic heterocycles. The summed E-state index contributed by atoms with van der Waals surface area (Å²) in [5.41, 5.74) is 0.583. The molecule has 6 nitrogen and oxygen atoms in total. The number of nitrogens with one attached hydrogen (secondary N) is 2. The fourth-order valence-electron chi connectivity index (χ4n) is 3.12. The topological polar surface area (TPSA) is 63.1 Å². The zero-order chi connectivity index (χ0) is 20.6. The Kier molecular flexibility index (Phi) is 7.48. The van der Waals surface area contributed by atoms with Gasteiger partial charge in [0.25, 0.3) is 5.91 Å². The number of carbonyl (C=O) groups excluding carboxylic acids is 2. The molecule has 0 bridgehead atoms. The Morgan fingerprint density at radius 3 is 2.38 bits per heavy atom. The molecule has 3 rings (SSSR count). The molecule has 2 N–H and O–H groups in total. The maximum Gasteiger partial charge on any atom is 0.279 e. The summed E-state index contributed by atoms with van der Waals surface area (Å²) in [4.78, 5) is 28.6. The summed E-state index contributed by atoms with van der Waals surface area (Å²) in [5.74, 6) is 0.858. The van der Waals surface area contributed by atoms with E-state index in [1.165, 1.54) is 23.9 Å². The first-order chi connectivity index (χ1) is 14.0. The highest BCUT2D eigenvalue weighted by Gasteiger charge is 2.25. The van der Waals surface area contributed by atoms with Crippen molar-refractivity contribution in [1.82, 2.24) is 4.90 Å². The first-order valence-corrected chi connectivity index (χ1v) is 10.5. The third-order valence-corrected chi connectivity index (χ3v) is 5.78. The van der Waals surface area contributed by atoms with Crippen LogP contribution in [-0.4, -0.2) is 62.3 Å². The van der Waals surface area contributed by atoms with Gasteiger partial charge in [0.2, 0.25) is 5.91 Å². The number of amides is 2. The van der Waals surface area contributed by atoms with Crippen LogP contribution in [0.5, 0.6) is 5.75 Å². The number of carbonyl (C=O) groups is 2. The van der Waals surface area contributed by atoms with Crippen LogP contribution in [0.15, 0.2) is 53.4 Å². The highest BCUT2D eigenvalue weighted by molar-refractivity contribution is 8.00. The van der Waals surface area contributed by atoms with Gasteiger partial charge in [-0.1, -0.05) is 0 Å². The summed E-state index contributed by atoms with van der Waals surface area (Å²) in [6.45, 7) is 3.08. The van der Waals surface area contributed by atoms with Gasteiger partial charge in [0, 0.05) is 10.6 Å². The van der Waals surface area contributed by atoms with Crippen LogP contribution in [0.1, 0.15) is 0 Å². The average Bonchev–Trinajstić information content (AvgIpc) is 2.74. The maximum absolute atomic E-state index is 12.9. The van der Waals surface area contributed by atoms with Crippen LogP contribution < -0.4 is 15.0 Å². The van der Waals surface area contributed by atoms with Crippen molar-refractivity contribution in [3.8, 4) is 5.75 Å². The molecular formula is C21H25FN3O3S+. The van der Waals surface area contributed by atoms with Gasteiger partial charge in [-0.15, -0.1) is 11.8 Å². The van der Waals surface area contributed by atoms with Crippen molar-refractivity contribution < 1.29 is 23.6 Å². The quantitative estimate of drug-likeness (QED) is 0.666. The number of nitrogens with zero attached hydrogens (tertiary/aromatic N) is 1. The third kappa shape index (κ3) is 6.47. The van der Waals surface area contributed by atoms with E-state index < -0.39 is 0 Å². The summed E-state index contributed by atoms with van der Waals surface area (Å²) in [5, 5.41) is 2.78. The number of methoxy groups -OCH3 is 1. The summed E-state index contributed by atoms with van der Waals surface area (Å²) in [7, 11) is 1.62. The molecule has 1 saturated heterocycles. The minimum absolute atomic E-state index is 0.110. The average molecular weight is 419 g/mol. The van der Waals surface area contributed by atoms with Crippen molar-refractivity contribution in [3.63, 3.8) is 0 Å². The number of anilines is 1. The van der Waals surface area contributed by atoms with E-state index >= 15 is 0 Å². The molecule has 2 aromatic rings. The number of quaternary nitrogens is 1. The third-order valence-electron chi connectivity index (χ3n) is 4.78. The summed E-state index contributed by atoms with van der Waals surface area (Å²) < 4.78 is 18.1. The molecule has 154 valence electrons. The molecule has 0 atom stereocenters. The van der Waals surface area contributed by atoms with E-state index in [2.05, 4.69) is 5.32 Å². The van der Waals surface area contributed by atoms with Crippen LogP contribution in [-0.2, 0) is 9.59 Å². The lowest BCUT2D eigenvalue weighted by Gasteiger charge is -2.31. The minimum Gasteiger partial charge on any atom is -0.497 e. The van der Waals surface area contributed by atoms with E-state index in [0.717, 1.165) is 28.6 Å². The minimum atomic E-state index is -0.334. The molecular weight excluding hydrogens is 393 g/mol. The monoisotopic (exact) mass is 418 g/mol. The normalized spacial score (nSPS) is 14.5. The Labute approximate surface area is 174 Å². The highest BCUT2D eigenvalue weighted by Crippen LogP contribution is 2.21. The molecule has 2 aromatic carbocycles. The van der Waals surface area contributed by atoms with Crippen molar-refractivity contribution in [3.05, 3.63) is 54.3 Å². The van der Waals surface area contributed by atoms with E-state index in [4.69, 9.17) is 4.74 Å². The van der Waals surface area contributed by atoms with Gasteiger partial charge in [-0.2, -0.15) is 0 Å². The number of piperazine rings is 1. The second-order valence-corrected chi connectivity index (χ2v) is 7.88. The molecule has 2 amide bonds. The Bertz CT molecular complexity index is 822. The Hall–Kier alpha value is -2.58. The molecule has 0 aliphatic carbocycles. The molecule has 0 spiro atoms. The predicted molar refractivity (Wildman–Crippen MR) is 111 cm³/mol. The van der Waals surface area contributed by atoms with Crippen LogP contribution in [0.25, 0.3) is 0 Å². The Morgan fingerprint density at radius 1 is 1.10 bits per heavy atom. The van der Waals surface area contributed by atoms with Crippen molar-refractivity contribution in [2.75, 3.05) is 50.9 Å². The predicted octanol–water partition coefficient (Wildman–Crippen LogP) is 1.29. The van der Waals surface area contributed by atoms with Gasteiger partial charge < -0.3 is 19.9 Å². The van der Waals surface area contributed by atoms with Gasteiger partial charge in [0.15, 0.2) is 6.54 Å². The molecule has 0 unspecified atom stereocenters. The zero-order valence-electron chi connectivity index (χ0n) is 16.3. The van der Waals surface area contributed by atoms with Crippen LogP contribution in [0, 0.1) is 5.82 Å². The van der Waals surface area contributed by atoms with E-state index in [1.807, 2.05) is 29.2 Å². The second kappa shape index (κ2) is 10.3. The van der Waals surface area contributed by atoms with E-state index in [9.17, 15) is 14.0 Å². The number of rotatable bonds is 7. The van der Waals surface area contributed by atoms with Crippen molar-refractivity contribution >= 4 is 29.3 Å². The zero-order valence-corrected chi connectivity index (χ0v) is 17.1. The number of hydrogen-bond acceptors (Lipinski definition) is 4. The van der Waals surface area contributed by atoms with Gasteiger partial charge in [0.05, 0.1) is 39.0 Å². The number of thioether (sulfide) groups is 1. The molecule has 29 heavy (non-hydrogen) atoms. The summed E-state index contributed by atoms with van der Waals surface area (Å²) >= 11 is 1.51. The number of halogens is 1. The lowest BCUT2D eigenvalue weighted by Crippen LogP contribution is -3.15. The van der Waals surface area contributed by atoms with Crippen molar-refractivity contribution in [2.45, 2.75) is 4.90 Å². The van der Waals surface area contributed by atoms with Gasteiger partial charge in [0.1, 0.15) is 11.6 Å².